The van der Waals surface area contributed by atoms with Crippen LogP contribution in [0.25, 0.3) is 0 Å². The third kappa shape index (κ3) is 6.62. The number of benzene rings is 2. The van der Waals surface area contributed by atoms with Crippen molar-refractivity contribution in [3.63, 3.8) is 0 Å². The van der Waals surface area contributed by atoms with Crippen LogP contribution in [0, 0.1) is 5.82 Å². The molecule has 8 nitrogen and oxygen atoms in total. The van der Waals surface area contributed by atoms with Crippen LogP contribution in [0.5, 0.6) is 0 Å². The molecule has 2 aromatic carbocycles. The molecule has 11 heteroatoms. The van der Waals surface area contributed by atoms with Crippen LogP contribution in [0.15, 0.2) is 42.5 Å². The second kappa shape index (κ2) is 10.4. The van der Waals surface area contributed by atoms with Crippen molar-refractivity contribution in [1.82, 2.24) is 4.90 Å². The number of hydrogen-bond donors (Lipinski definition) is 0. The van der Waals surface area contributed by atoms with Crippen LogP contribution in [0.1, 0.15) is 70.0 Å². The van der Waals surface area contributed by atoms with Gasteiger partial charge in [0, 0.05) is 23.7 Å². The minimum atomic E-state index is -4.18. The fourth-order valence-corrected chi connectivity index (χ4v) is 4.52. The van der Waals surface area contributed by atoms with Crippen LogP contribution < -0.4 is 5.46 Å². The number of halogens is 1. The van der Waals surface area contributed by atoms with Gasteiger partial charge in [-0.05, 0) is 90.2 Å². The lowest BCUT2D eigenvalue weighted by atomic mass is 9.73. The van der Waals surface area contributed by atoms with Crippen LogP contribution >= 0.6 is 0 Å². The fraction of sp³-hybridized carbons (Fsp3) is 0.481. The zero-order chi connectivity index (χ0) is 28.7. The second-order valence-corrected chi connectivity index (χ2v) is 13.1. The van der Waals surface area contributed by atoms with E-state index in [4.69, 9.17) is 13.5 Å². The smallest absolute Gasteiger partial charge is 0.399 e. The Labute approximate surface area is 224 Å². The van der Waals surface area contributed by atoms with E-state index in [0.717, 1.165) is 0 Å². The van der Waals surface area contributed by atoms with Gasteiger partial charge in [-0.2, -0.15) is 8.42 Å². The standard InChI is InChI=1S/C27H35BFNO7S/c1-25(2,3)30(8)24(32)35-38(33,34)16-15-18-9-14-21(23(31)19-10-12-20(29)13-11-19)22(17-18)28-36-26(4,5)27(6,7)37-28/h9-14,17H,15-16H2,1-8H3. The minimum absolute atomic E-state index is 0.0202. The number of hydrogen-bond acceptors (Lipinski definition) is 7. The lowest BCUT2D eigenvalue weighted by molar-refractivity contribution is 0.00578. The summed E-state index contributed by atoms with van der Waals surface area (Å²) in [4.78, 5) is 26.8. The predicted molar refractivity (Wildman–Crippen MR) is 143 cm³/mol. The number of nitrogens with zero attached hydrogens (tertiary/aromatic N) is 1. The average Bonchev–Trinajstić information content (AvgIpc) is 3.03. The lowest BCUT2D eigenvalue weighted by Crippen LogP contribution is -2.43. The van der Waals surface area contributed by atoms with Gasteiger partial charge >= 0.3 is 23.3 Å². The van der Waals surface area contributed by atoms with Crippen molar-refractivity contribution >= 4 is 34.6 Å². The quantitative estimate of drug-likeness (QED) is 0.293. The summed E-state index contributed by atoms with van der Waals surface area (Å²) in [5.74, 6) is -1.27. The fourth-order valence-electron chi connectivity index (χ4n) is 3.62. The van der Waals surface area contributed by atoms with Gasteiger partial charge in [0.1, 0.15) is 5.82 Å². The van der Waals surface area contributed by atoms with E-state index in [1.165, 1.54) is 36.2 Å². The molecule has 1 saturated heterocycles. The topological polar surface area (TPSA) is 99.2 Å². The van der Waals surface area contributed by atoms with Crippen molar-refractivity contribution in [3.05, 3.63) is 65.0 Å². The SMILES string of the molecule is CN(C(=O)OS(=O)(=O)CCc1ccc(C(=O)c2ccc(F)cc2)c(B2OC(C)(C)C(C)(C)O2)c1)C(C)(C)C. The highest BCUT2D eigenvalue weighted by atomic mass is 32.2. The van der Waals surface area contributed by atoms with E-state index in [2.05, 4.69) is 0 Å². The first kappa shape index (κ1) is 29.8. The number of amides is 1. The molecule has 206 valence electrons. The predicted octanol–water partition coefficient (Wildman–Crippen LogP) is 4.10. The van der Waals surface area contributed by atoms with Gasteiger partial charge in [0.05, 0.1) is 17.0 Å². The first-order valence-electron chi connectivity index (χ1n) is 12.3. The summed E-state index contributed by atoms with van der Waals surface area (Å²) in [5, 5.41) is 0. The molecule has 1 aliphatic rings. The molecule has 0 bridgehead atoms. The van der Waals surface area contributed by atoms with Crippen LogP contribution in [0.3, 0.4) is 0 Å². The molecule has 1 heterocycles. The maximum atomic E-state index is 13.4. The van der Waals surface area contributed by atoms with Gasteiger partial charge in [-0.3, -0.25) is 4.79 Å². The van der Waals surface area contributed by atoms with E-state index in [-0.39, 0.29) is 17.8 Å². The molecule has 0 saturated carbocycles. The summed E-state index contributed by atoms with van der Waals surface area (Å²) >= 11 is 0. The number of carbonyl (C=O) groups is 2. The summed E-state index contributed by atoms with van der Waals surface area (Å²) in [7, 11) is -3.61. The Hall–Kier alpha value is -2.76. The third-order valence-electron chi connectivity index (χ3n) is 7.09. The van der Waals surface area contributed by atoms with Crippen molar-refractivity contribution < 1.29 is 35.9 Å². The van der Waals surface area contributed by atoms with Crippen LogP contribution in [0.2, 0.25) is 0 Å². The molecule has 0 radical (unpaired) electrons. The molecule has 1 fully saturated rings. The number of rotatable bonds is 7. The highest BCUT2D eigenvalue weighted by molar-refractivity contribution is 7.87. The van der Waals surface area contributed by atoms with Crippen molar-refractivity contribution in [2.45, 2.75) is 71.6 Å². The Morgan fingerprint density at radius 1 is 1.00 bits per heavy atom. The maximum absolute atomic E-state index is 13.4. The van der Waals surface area contributed by atoms with Gasteiger partial charge in [0.15, 0.2) is 5.78 Å². The maximum Gasteiger partial charge on any atom is 0.495 e. The Balaban J connectivity index is 1.90. The van der Waals surface area contributed by atoms with E-state index in [0.29, 0.717) is 16.6 Å². The van der Waals surface area contributed by atoms with Gasteiger partial charge in [-0.15, -0.1) is 0 Å². The summed E-state index contributed by atoms with van der Waals surface area (Å²) < 4.78 is 55.7. The first-order valence-corrected chi connectivity index (χ1v) is 13.9. The largest absolute Gasteiger partial charge is 0.495 e. The highest BCUT2D eigenvalue weighted by Gasteiger charge is 2.52. The third-order valence-corrected chi connectivity index (χ3v) is 8.19. The Bertz CT molecular complexity index is 1300. The molecule has 2 aromatic rings. The summed E-state index contributed by atoms with van der Waals surface area (Å²) in [6.45, 7) is 12.8. The zero-order valence-corrected chi connectivity index (χ0v) is 23.9. The molecule has 0 unspecified atom stereocenters. The van der Waals surface area contributed by atoms with Gasteiger partial charge in [0.2, 0.25) is 0 Å². The molecule has 0 spiro atoms. The Morgan fingerprint density at radius 3 is 2.08 bits per heavy atom. The zero-order valence-electron chi connectivity index (χ0n) is 23.1. The number of aryl methyl sites for hydroxylation is 1. The van der Waals surface area contributed by atoms with Gasteiger partial charge < -0.3 is 18.4 Å². The summed E-state index contributed by atoms with van der Waals surface area (Å²) in [6.07, 6.45) is -0.942. The Kier molecular flexibility index (Phi) is 8.18. The summed E-state index contributed by atoms with van der Waals surface area (Å²) in [6, 6.07) is 10.1. The van der Waals surface area contributed by atoms with E-state index in [1.54, 1.807) is 39.0 Å². The van der Waals surface area contributed by atoms with E-state index in [9.17, 15) is 22.4 Å². The van der Waals surface area contributed by atoms with Gasteiger partial charge in [-0.1, -0.05) is 18.2 Å². The molecule has 38 heavy (non-hydrogen) atoms. The van der Waals surface area contributed by atoms with Gasteiger partial charge in [-0.25, -0.2) is 9.18 Å². The first-order chi connectivity index (χ1) is 17.3. The van der Waals surface area contributed by atoms with E-state index >= 15 is 0 Å². The van der Waals surface area contributed by atoms with E-state index in [1.807, 2.05) is 27.7 Å². The van der Waals surface area contributed by atoms with Crippen molar-refractivity contribution in [2.75, 3.05) is 12.8 Å². The Morgan fingerprint density at radius 2 is 1.55 bits per heavy atom. The normalized spacial score (nSPS) is 16.8. The minimum Gasteiger partial charge on any atom is -0.399 e. The van der Waals surface area contributed by atoms with Crippen LogP contribution in [0.4, 0.5) is 9.18 Å². The average molecular weight is 547 g/mol. The van der Waals surface area contributed by atoms with Crippen molar-refractivity contribution in [3.8, 4) is 0 Å². The highest BCUT2D eigenvalue weighted by Crippen LogP contribution is 2.37. The molecule has 1 amide bonds. The molecule has 0 atom stereocenters. The number of carbonyl (C=O) groups excluding carboxylic acids is 2. The molecular weight excluding hydrogens is 512 g/mol. The number of ketones is 1. The van der Waals surface area contributed by atoms with Crippen LogP contribution in [-0.4, -0.2) is 61.9 Å². The molecule has 1 aliphatic heterocycles. The van der Waals surface area contributed by atoms with Gasteiger partial charge in [0.25, 0.3) is 0 Å². The van der Waals surface area contributed by atoms with Crippen LogP contribution in [-0.2, 0) is 30.0 Å². The van der Waals surface area contributed by atoms with E-state index < -0.39 is 51.6 Å². The molecule has 3 rings (SSSR count). The van der Waals surface area contributed by atoms with Crippen molar-refractivity contribution in [1.29, 1.82) is 0 Å². The molecule has 0 N–H and O–H groups in total. The van der Waals surface area contributed by atoms with Crippen molar-refractivity contribution in [2.24, 2.45) is 0 Å². The summed E-state index contributed by atoms with van der Waals surface area (Å²) in [5.41, 5.74) is -0.390. The second-order valence-electron chi connectivity index (χ2n) is 11.4. The molecule has 0 aliphatic carbocycles. The monoisotopic (exact) mass is 547 g/mol. The lowest BCUT2D eigenvalue weighted by Gasteiger charge is -2.32. The molecular formula is C27H35BFNO7S. The molecule has 0 aromatic heterocycles.